The maximum Gasteiger partial charge on any atom is 0.250 e. The minimum atomic E-state index is -1.29. The van der Waals surface area contributed by atoms with Crippen LogP contribution in [0.3, 0.4) is 0 Å². The maximum absolute atomic E-state index is 13.5. The highest BCUT2D eigenvalue weighted by molar-refractivity contribution is 9.10. The van der Waals surface area contributed by atoms with Crippen molar-refractivity contribution in [2.45, 2.75) is 31.0 Å². The molecule has 0 aliphatic carbocycles. The highest BCUT2D eigenvalue weighted by atomic mass is 79.9. The third-order valence-electron chi connectivity index (χ3n) is 6.00. The molecule has 4 atom stereocenters. The highest BCUT2D eigenvalue weighted by Crippen LogP contribution is 2.48. The summed E-state index contributed by atoms with van der Waals surface area (Å²) < 4.78 is 11.4. The predicted molar refractivity (Wildman–Crippen MR) is 119 cm³/mol. The number of aliphatic hydroxyl groups is 1. The van der Waals surface area contributed by atoms with Gasteiger partial charge in [0.05, 0.1) is 31.9 Å². The molecule has 1 spiro atoms. The molecule has 8 nitrogen and oxygen atoms in total. The van der Waals surface area contributed by atoms with Gasteiger partial charge in [-0.15, -0.1) is 0 Å². The first-order chi connectivity index (χ1) is 14.8. The zero-order valence-electron chi connectivity index (χ0n) is 17.4. The van der Waals surface area contributed by atoms with Crippen molar-refractivity contribution in [3.8, 4) is 11.5 Å². The Morgan fingerprint density at radius 2 is 2.03 bits per heavy atom. The van der Waals surface area contributed by atoms with E-state index in [-0.39, 0.29) is 18.2 Å². The normalized spacial score (nSPS) is 25.1. The minimum absolute atomic E-state index is 0.287. The molecule has 0 bridgehead atoms. The summed E-state index contributed by atoms with van der Waals surface area (Å²) in [5.74, 6) is -0.407. The summed E-state index contributed by atoms with van der Waals surface area (Å²) in [6.45, 7) is 1.64. The average Bonchev–Trinajstić information content (AvgIpc) is 3.28. The predicted octanol–water partition coefficient (Wildman–Crippen LogP) is 2.61. The molecule has 2 aliphatic heterocycles. The summed E-state index contributed by atoms with van der Waals surface area (Å²) in [7, 11) is 3.05. The van der Waals surface area contributed by atoms with Crippen LogP contribution >= 0.6 is 15.9 Å². The van der Waals surface area contributed by atoms with Crippen LogP contribution in [0, 0.1) is 5.92 Å². The van der Waals surface area contributed by atoms with Crippen molar-refractivity contribution in [2.24, 2.45) is 5.92 Å². The second-order valence-corrected chi connectivity index (χ2v) is 8.70. The Balaban J connectivity index is 1.75. The summed E-state index contributed by atoms with van der Waals surface area (Å²) in [5.41, 5.74) is 0.462. The van der Waals surface area contributed by atoms with Gasteiger partial charge in [-0.1, -0.05) is 15.9 Å². The number of anilines is 2. The van der Waals surface area contributed by atoms with Gasteiger partial charge >= 0.3 is 0 Å². The van der Waals surface area contributed by atoms with Crippen LogP contribution < -0.4 is 25.4 Å². The molecule has 1 unspecified atom stereocenters. The van der Waals surface area contributed by atoms with Gasteiger partial charge in [0.25, 0.3) is 0 Å². The Kier molecular flexibility index (Phi) is 5.67. The van der Waals surface area contributed by atoms with E-state index in [9.17, 15) is 14.7 Å². The number of rotatable bonds is 5. The van der Waals surface area contributed by atoms with Crippen molar-refractivity contribution >= 4 is 39.1 Å². The van der Waals surface area contributed by atoms with Gasteiger partial charge < -0.3 is 25.2 Å². The summed E-state index contributed by atoms with van der Waals surface area (Å²) in [4.78, 5) is 26.8. The first-order valence-electron chi connectivity index (χ1n) is 9.90. The number of halogens is 1. The number of hydrogen-bond acceptors (Lipinski definition) is 6. The van der Waals surface area contributed by atoms with Gasteiger partial charge in [-0.05, 0) is 43.7 Å². The molecule has 2 aromatic carbocycles. The van der Waals surface area contributed by atoms with E-state index in [4.69, 9.17) is 9.47 Å². The molecule has 2 aromatic rings. The molecule has 1 saturated heterocycles. The van der Waals surface area contributed by atoms with Gasteiger partial charge in [-0.2, -0.15) is 0 Å². The first kappa shape index (κ1) is 21.6. The molecule has 9 heteroatoms. The Labute approximate surface area is 188 Å². The fraction of sp³-hybridized carbons (Fsp3) is 0.364. The monoisotopic (exact) mass is 489 g/mol. The van der Waals surface area contributed by atoms with Gasteiger partial charge in [0.1, 0.15) is 17.0 Å². The smallest absolute Gasteiger partial charge is 0.250 e. The number of nitrogens with one attached hydrogen (secondary N) is 3. The quantitative estimate of drug-likeness (QED) is 0.513. The number of amides is 2. The van der Waals surface area contributed by atoms with E-state index in [1.807, 2.05) is 12.1 Å². The van der Waals surface area contributed by atoms with Crippen LogP contribution in [-0.2, 0) is 15.1 Å². The summed E-state index contributed by atoms with van der Waals surface area (Å²) in [6, 6.07) is 10.1. The van der Waals surface area contributed by atoms with Crippen molar-refractivity contribution in [1.29, 1.82) is 0 Å². The average molecular weight is 490 g/mol. The van der Waals surface area contributed by atoms with E-state index in [0.29, 0.717) is 28.4 Å². The van der Waals surface area contributed by atoms with Crippen molar-refractivity contribution in [2.75, 3.05) is 24.9 Å². The van der Waals surface area contributed by atoms with Crippen LogP contribution in [0.25, 0.3) is 0 Å². The molecule has 164 valence electrons. The molecule has 2 amide bonds. The standard InChI is InChI=1S/C22H24BrN3O5/c1-11(27)17-10-15(20(28)24-18-9-13(30-2)5-7-19(18)31-3)22(26-17)14-8-12(23)4-6-16(14)25-21(22)29/h4-9,11,15,17,26-27H,10H2,1-3H3,(H,24,28)(H,25,29)/t11?,15-,17-,22+/m1/s1. The summed E-state index contributed by atoms with van der Waals surface area (Å²) in [6.07, 6.45) is -0.458. The Hall–Kier alpha value is -2.62. The fourth-order valence-electron chi connectivity index (χ4n) is 4.42. The lowest BCUT2D eigenvalue weighted by Crippen LogP contribution is -2.53. The van der Waals surface area contributed by atoms with Crippen LogP contribution in [0.15, 0.2) is 40.9 Å². The number of carbonyl (C=O) groups is 2. The Morgan fingerprint density at radius 1 is 1.26 bits per heavy atom. The highest BCUT2D eigenvalue weighted by Gasteiger charge is 2.60. The molecule has 4 N–H and O–H groups in total. The van der Waals surface area contributed by atoms with E-state index >= 15 is 0 Å². The van der Waals surface area contributed by atoms with Crippen molar-refractivity contribution < 1.29 is 24.2 Å². The molecule has 0 saturated carbocycles. The van der Waals surface area contributed by atoms with Crippen LogP contribution in [0.2, 0.25) is 0 Å². The van der Waals surface area contributed by atoms with Gasteiger partial charge in [-0.25, -0.2) is 0 Å². The molecule has 1 fully saturated rings. The molecule has 0 radical (unpaired) electrons. The molecular formula is C22H24BrN3O5. The summed E-state index contributed by atoms with van der Waals surface area (Å²) in [5, 5.41) is 19.3. The SMILES string of the molecule is COc1ccc(OC)c(NC(=O)[C@H]2C[C@H](C(C)O)N[C@]23C(=O)Nc2ccc(Br)cc23)c1. The second-order valence-electron chi connectivity index (χ2n) is 7.79. The topological polar surface area (TPSA) is 109 Å². The zero-order valence-corrected chi connectivity index (χ0v) is 18.9. The van der Waals surface area contributed by atoms with Crippen molar-refractivity contribution in [1.82, 2.24) is 5.32 Å². The molecule has 2 aliphatic rings. The number of fused-ring (bicyclic) bond motifs is 2. The third-order valence-corrected chi connectivity index (χ3v) is 6.49. The van der Waals surface area contributed by atoms with E-state index in [1.54, 1.807) is 31.2 Å². The molecule has 0 aromatic heterocycles. The second kappa shape index (κ2) is 8.14. The van der Waals surface area contributed by atoms with Crippen LogP contribution in [0.1, 0.15) is 18.9 Å². The van der Waals surface area contributed by atoms with Crippen molar-refractivity contribution in [3.63, 3.8) is 0 Å². The van der Waals surface area contributed by atoms with Gasteiger partial charge in [0.15, 0.2) is 0 Å². The summed E-state index contributed by atoms with van der Waals surface area (Å²) >= 11 is 3.46. The first-order valence-corrected chi connectivity index (χ1v) is 10.7. The van der Waals surface area contributed by atoms with E-state index in [0.717, 1.165) is 4.47 Å². The lowest BCUT2D eigenvalue weighted by Gasteiger charge is -2.29. The zero-order chi connectivity index (χ0) is 22.3. The van der Waals surface area contributed by atoms with E-state index in [1.165, 1.54) is 14.2 Å². The van der Waals surface area contributed by atoms with E-state index < -0.39 is 23.6 Å². The number of methoxy groups -OCH3 is 2. The van der Waals surface area contributed by atoms with Crippen LogP contribution in [-0.4, -0.2) is 43.3 Å². The Bertz CT molecular complexity index is 1040. The van der Waals surface area contributed by atoms with E-state index in [2.05, 4.69) is 31.9 Å². The van der Waals surface area contributed by atoms with Gasteiger partial charge in [-0.3, -0.25) is 14.9 Å². The Morgan fingerprint density at radius 3 is 2.71 bits per heavy atom. The number of aliphatic hydroxyl groups excluding tert-OH is 1. The largest absolute Gasteiger partial charge is 0.497 e. The lowest BCUT2D eigenvalue weighted by molar-refractivity contribution is -0.130. The fourth-order valence-corrected chi connectivity index (χ4v) is 4.78. The number of ether oxygens (including phenoxy) is 2. The minimum Gasteiger partial charge on any atom is -0.497 e. The molecule has 2 heterocycles. The number of carbonyl (C=O) groups excluding carboxylic acids is 2. The number of benzene rings is 2. The molecular weight excluding hydrogens is 466 g/mol. The van der Waals surface area contributed by atoms with Gasteiger partial charge in [0, 0.05) is 27.8 Å². The maximum atomic E-state index is 13.5. The molecule has 31 heavy (non-hydrogen) atoms. The third kappa shape index (κ3) is 3.56. The van der Waals surface area contributed by atoms with Crippen molar-refractivity contribution in [3.05, 3.63) is 46.4 Å². The van der Waals surface area contributed by atoms with Crippen LogP contribution in [0.5, 0.6) is 11.5 Å². The van der Waals surface area contributed by atoms with Gasteiger partial charge in [0.2, 0.25) is 11.8 Å². The van der Waals surface area contributed by atoms with Crippen LogP contribution in [0.4, 0.5) is 11.4 Å². The molecule has 4 rings (SSSR count). The number of hydrogen-bond donors (Lipinski definition) is 4. The lowest BCUT2D eigenvalue weighted by atomic mass is 9.79.